The minimum Gasteiger partial charge on any atom is -0.348 e. The van der Waals surface area contributed by atoms with Crippen LogP contribution in [0.1, 0.15) is 18.0 Å². The van der Waals surface area contributed by atoms with Crippen molar-refractivity contribution in [1.29, 1.82) is 0 Å². The molecule has 3 nitrogen and oxygen atoms in total. The van der Waals surface area contributed by atoms with E-state index in [-0.39, 0.29) is 30.2 Å². The number of benzene rings is 1. The zero-order valence-electron chi connectivity index (χ0n) is 7.53. The lowest BCUT2D eigenvalue weighted by atomic mass is 10.0. The van der Waals surface area contributed by atoms with E-state index in [1.807, 2.05) is 0 Å². The summed E-state index contributed by atoms with van der Waals surface area (Å²) in [5, 5.41) is 2.66. The van der Waals surface area contributed by atoms with Gasteiger partial charge in [0.05, 0.1) is 6.04 Å². The van der Waals surface area contributed by atoms with Gasteiger partial charge < -0.3 is 11.1 Å². The van der Waals surface area contributed by atoms with Crippen LogP contribution in [0.3, 0.4) is 0 Å². The molecule has 1 fully saturated rings. The zero-order valence-corrected chi connectivity index (χ0v) is 7.53. The van der Waals surface area contributed by atoms with Crippen LogP contribution >= 0.6 is 0 Å². The van der Waals surface area contributed by atoms with Crippen LogP contribution in [-0.4, -0.2) is 11.9 Å². The summed E-state index contributed by atoms with van der Waals surface area (Å²) in [5.41, 5.74) is 6.18. The molecule has 0 unspecified atom stereocenters. The lowest BCUT2D eigenvalue weighted by Crippen LogP contribution is -2.29. The Hall–Kier alpha value is -1.42. The van der Waals surface area contributed by atoms with Crippen LogP contribution in [0.15, 0.2) is 24.3 Å². The van der Waals surface area contributed by atoms with Crippen molar-refractivity contribution in [2.45, 2.75) is 18.5 Å². The van der Waals surface area contributed by atoms with Gasteiger partial charge >= 0.3 is 0 Å². The van der Waals surface area contributed by atoms with E-state index in [1.165, 1.54) is 6.07 Å². The van der Waals surface area contributed by atoms with Crippen molar-refractivity contribution in [3.63, 3.8) is 0 Å². The molecule has 1 aromatic rings. The number of amides is 1. The molecule has 0 aromatic heterocycles. The summed E-state index contributed by atoms with van der Waals surface area (Å²) >= 11 is 0. The highest BCUT2D eigenvalue weighted by molar-refractivity contribution is 5.80. The van der Waals surface area contributed by atoms with Gasteiger partial charge in [-0.15, -0.1) is 0 Å². The fraction of sp³-hybridized carbons (Fsp3) is 0.300. The third kappa shape index (κ3) is 1.48. The molecule has 1 amide bonds. The maximum Gasteiger partial charge on any atom is 0.222 e. The van der Waals surface area contributed by atoms with Gasteiger partial charge in [-0.3, -0.25) is 4.79 Å². The first-order chi connectivity index (χ1) is 6.68. The molecule has 1 aromatic carbocycles. The first kappa shape index (κ1) is 9.15. The zero-order chi connectivity index (χ0) is 10.1. The highest BCUT2D eigenvalue weighted by atomic mass is 19.1. The average Bonchev–Trinajstić information content (AvgIpc) is 2.46. The van der Waals surface area contributed by atoms with Crippen LogP contribution < -0.4 is 11.1 Å². The topological polar surface area (TPSA) is 55.1 Å². The Morgan fingerprint density at radius 3 is 2.71 bits per heavy atom. The molecule has 0 radical (unpaired) electrons. The molecular formula is C10H11FN2O. The van der Waals surface area contributed by atoms with E-state index in [1.54, 1.807) is 18.2 Å². The van der Waals surface area contributed by atoms with Crippen molar-refractivity contribution in [2.75, 3.05) is 0 Å². The molecule has 1 aliphatic rings. The monoisotopic (exact) mass is 194 g/mol. The Morgan fingerprint density at radius 1 is 1.43 bits per heavy atom. The van der Waals surface area contributed by atoms with Crippen LogP contribution in [0.2, 0.25) is 0 Å². The number of nitrogens with two attached hydrogens (primary N) is 1. The maximum absolute atomic E-state index is 13.3. The van der Waals surface area contributed by atoms with Crippen molar-refractivity contribution in [3.05, 3.63) is 35.6 Å². The number of hydrogen-bond donors (Lipinski definition) is 2. The molecule has 0 bridgehead atoms. The molecule has 3 N–H and O–H groups in total. The summed E-state index contributed by atoms with van der Waals surface area (Å²) in [6.45, 7) is 0. The third-order valence-electron chi connectivity index (χ3n) is 2.41. The van der Waals surface area contributed by atoms with Gasteiger partial charge in [-0.2, -0.15) is 0 Å². The summed E-state index contributed by atoms with van der Waals surface area (Å²) in [7, 11) is 0. The Bertz CT molecular complexity index is 367. The van der Waals surface area contributed by atoms with Gasteiger partial charge in [0, 0.05) is 18.0 Å². The predicted molar refractivity (Wildman–Crippen MR) is 49.9 cm³/mol. The Kier molecular flexibility index (Phi) is 2.21. The summed E-state index contributed by atoms with van der Waals surface area (Å²) in [5.74, 6) is -0.444. The lowest BCUT2D eigenvalue weighted by molar-refractivity contribution is -0.119. The predicted octanol–water partition coefficient (Wildman–Crippen LogP) is 0.714. The van der Waals surface area contributed by atoms with Crippen LogP contribution in [0.5, 0.6) is 0 Å². The number of carbonyl (C=O) groups is 1. The van der Waals surface area contributed by atoms with Gasteiger partial charge in [0.2, 0.25) is 5.91 Å². The molecule has 2 atom stereocenters. The number of hydrogen-bond acceptors (Lipinski definition) is 2. The fourth-order valence-corrected chi connectivity index (χ4v) is 1.71. The van der Waals surface area contributed by atoms with Gasteiger partial charge in [0.15, 0.2) is 0 Å². The van der Waals surface area contributed by atoms with Gasteiger partial charge in [0.25, 0.3) is 0 Å². The second-order valence-corrected chi connectivity index (χ2v) is 3.43. The smallest absolute Gasteiger partial charge is 0.222 e. The summed E-state index contributed by atoms with van der Waals surface area (Å²) in [6, 6.07) is 5.64. The molecule has 1 saturated heterocycles. The van der Waals surface area contributed by atoms with E-state index < -0.39 is 0 Å². The van der Waals surface area contributed by atoms with E-state index in [0.717, 1.165) is 0 Å². The number of rotatable bonds is 1. The fourth-order valence-electron chi connectivity index (χ4n) is 1.71. The van der Waals surface area contributed by atoms with Crippen molar-refractivity contribution in [2.24, 2.45) is 5.73 Å². The minimum atomic E-state index is -0.385. The van der Waals surface area contributed by atoms with Gasteiger partial charge in [-0.05, 0) is 6.07 Å². The molecular weight excluding hydrogens is 183 g/mol. The normalized spacial score (nSPS) is 26.3. The third-order valence-corrected chi connectivity index (χ3v) is 2.41. The first-order valence-corrected chi connectivity index (χ1v) is 4.48. The van der Waals surface area contributed by atoms with Crippen molar-refractivity contribution in [3.8, 4) is 0 Å². The molecule has 74 valence electrons. The Balaban J connectivity index is 2.32. The lowest BCUT2D eigenvalue weighted by Gasteiger charge is -2.15. The van der Waals surface area contributed by atoms with E-state index in [2.05, 4.69) is 5.32 Å². The summed E-state index contributed by atoms with van der Waals surface area (Å²) in [6.07, 6.45) is 0.263. The van der Waals surface area contributed by atoms with Crippen LogP contribution in [0, 0.1) is 5.82 Å². The standard InChI is InChI=1S/C10H11FN2O/c11-7-4-2-1-3-6(7)10-8(12)5-9(14)13-10/h1-4,8,10H,5,12H2,(H,13,14)/t8-,10+/m1/s1. The maximum atomic E-state index is 13.3. The summed E-state index contributed by atoms with van der Waals surface area (Å²) < 4.78 is 13.3. The molecule has 0 spiro atoms. The van der Waals surface area contributed by atoms with Crippen LogP contribution in [0.25, 0.3) is 0 Å². The van der Waals surface area contributed by atoms with Gasteiger partial charge in [-0.25, -0.2) is 4.39 Å². The van der Waals surface area contributed by atoms with Crippen LogP contribution in [-0.2, 0) is 4.79 Å². The van der Waals surface area contributed by atoms with Crippen molar-refractivity contribution >= 4 is 5.91 Å². The minimum absolute atomic E-state index is 0.120. The van der Waals surface area contributed by atoms with Gasteiger partial charge in [-0.1, -0.05) is 18.2 Å². The van der Waals surface area contributed by atoms with E-state index in [4.69, 9.17) is 5.73 Å². The SMILES string of the molecule is N[C@@H]1CC(=O)N[C@H]1c1ccccc1F. The van der Waals surface area contributed by atoms with Crippen LogP contribution in [0.4, 0.5) is 4.39 Å². The largest absolute Gasteiger partial charge is 0.348 e. The Morgan fingerprint density at radius 2 is 2.14 bits per heavy atom. The molecule has 1 aliphatic heterocycles. The Labute approximate surface area is 81.1 Å². The average molecular weight is 194 g/mol. The molecule has 0 saturated carbocycles. The quantitative estimate of drug-likeness (QED) is 0.692. The number of nitrogens with one attached hydrogen (secondary N) is 1. The number of halogens is 1. The first-order valence-electron chi connectivity index (χ1n) is 4.48. The van der Waals surface area contributed by atoms with Gasteiger partial charge in [0.1, 0.15) is 5.82 Å². The number of carbonyl (C=O) groups excluding carboxylic acids is 1. The highest BCUT2D eigenvalue weighted by Gasteiger charge is 2.31. The summed E-state index contributed by atoms with van der Waals surface area (Å²) in [4.78, 5) is 11.0. The molecule has 1 heterocycles. The van der Waals surface area contributed by atoms with Crippen molar-refractivity contribution in [1.82, 2.24) is 5.32 Å². The molecule has 0 aliphatic carbocycles. The molecule has 2 rings (SSSR count). The second-order valence-electron chi connectivity index (χ2n) is 3.43. The van der Waals surface area contributed by atoms with Crippen molar-refractivity contribution < 1.29 is 9.18 Å². The van der Waals surface area contributed by atoms with E-state index in [0.29, 0.717) is 5.56 Å². The highest BCUT2D eigenvalue weighted by Crippen LogP contribution is 2.24. The van der Waals surface area contributed by atoms with E-state index >= 15 is 0 Å². The van der Waals surface area contributed by atoms with E-state index in [9.17, 15) is 9.18 Å². The molecule has 14 heavy (non-hydrogen) atoms. The second kappa shape index (κ2) is 3.38. The molecule has 4 heteroatoms.